The van der Waals surface area contributed by atoms with Crippen LogP contribution < -0.4 is 0 Å². The van der Waals surface area contributed by atoms with Gasteiger partial charge in [-0.3, -0.25) is 14.4 Å². The normalized spacial score (nSPS) is 47.6. The van der Waals surface area contributed by atoms with Gasteiger partial charge in [-0.25, -0.2) is 4.39 Å². The monoisotopic (exact) mass is 392 g/mol. The molecule has 4 saturated carbocycles. The zero-order valence-electron chi connectivity index (χ0n) is 17.4. The lowest BCUT2D eigenvalue weighted by molar-refractivity contribution is -0.195. The number of alkyl halides is 1. The molecular weight excluding hydrogens is 359 g/mol. The number of Topliss-reactive ketones (excluding diaryl/α,β-unsaturated/α-hetero) is 2. The summed E-state index contributed by atoms with van der Waals surface area (Å²) in [5.74, 6) is 0.0663. The van der Waals surface area contributed by atoms with Crippen LogP contribution in [0.3, 0.4) is 0 Å². The molecule has 4 fully saturated rings. The average molecular weight is 393 g/mol. The summed E-state index contributed by atoms with van der Waals surface area (Å²) in [6.07, 6.45) is 6.32. The van der Waals surface area contributed by atoms with Gasteiger partial charge in [0.05, 0.1) is 0 Å². The zero-order chi connectivity index (χ0) is 20.3. The maximum absolute atomic E-state index is 16.8. The van der Waals surface area contributed by atoms with Crippen molar-refractivity contribution in [3.63, 3.8) is 0 Å². The van der Waals surface area contributed by atoms with Crippen molar-refractivity contribution in [1.29, 1.82) is 0 Å². The van der Waals surface area contributed by atoms with E-state index in [1.54, 1.807) is 0 Å². The van der Waals surface area contributed by atoms with Gasteiger partial charge in [0, 0.05) is 31.1 Å². The van der Waals surface area contributed by atoms with Crippen LogP contribution in [0.1, 0.15) is 78.6 Å². The van der Waals surface area contributed by atoms with E-state index in [2.05, 4.69) is 13.8 Å². The Morgan fingerprint density at radius 2 is 1.79 bits per heavy atom. The van der Waals surface area contributed by atoms with Crippen molar-refractivity contribution in [2.45, 2.75) is 84.2 Å². The van der Waals surface area contributed by atoms with Gasteiger partial charge in [-0.15, -0.1) is 0 Å². The van der Waals surface area contributed by atoms with Crippen LogP contribution in [0, 0.1) is 34.5 Å². The minimum atomic E-state index is -1.23. The number of hydrogen-bond donors (Lipinski definition) is 0. The molecule has 4 nitrogen and oxygen atoms in total. The Morgan fingerprint density at radius 3 is 2.50 bits per heavy atom. The van der Waals surface area contributed by atoms with Crippen molar-refractivity contribution >= 4 is 17.5 Å². The lowest BCUT2D eigenvalue weighted by Crippen LogP contribution is -2.63. The standard InChI is InChI=1S/C23H33FO4/c1-14(25)28-13-20(27)19-7-6-17-18-5-4-15-12-16(26)8-9-22(15,3)23(18,24)11-10-21(17,19)2/h15,17-19H,4-13H2,1-3H3/t15-,17+,18+,19-,21+,22+,23-/m1/s1. The third-order valence-corrected chi connectivity index (χ3v) is 9.39. The average Bonchev–Trinajstić information content (AvgIpc) is 2.98. The molecule has 0 aromatic heterocycles. The van der Waals surface area contributed by atoms with Gasteiger partial charge in [0.25, 0.3) is 0 Å². The van der Waals surface area contributed by atoms with E-state index in [-0.39, 0.29) is 41.5 Å². The van der Waals surface area contributed by atoms with Crippen molar-refractivity contribution in [3.8, 4) is 0 Å². The zero-order valence-corrected chi connectivity index (χ0v) is 17.4. The second kappa shape index (κ2) is 6.63. The van der Waals surface area contributed by atoms with Gasteiger partial charge in [0.2, 0.25) is 0 Å². The third-order valence-electron chi connectivity index (χ3n) is 9.39. The van der Waals surface area contributed by atoms with Gasteiger partial charge in [-0.2, -0.15) is 0 Å². The number of rotatable bonds is 3. The Bertz CT molecular complexity index is 705. The highest BCUT2D eigenvalue weighted by atomic mass is 19.1. The van der Waals surface area contributed by atoms with E-state index < -0.39 is 17.1 Å². The largest absolute Gasteiger partial charge is 0.458 e. The van der Waals surface area contributed by atoms with E-state index in [0.717, 1.165) is 25.7 Å². The van der Waals surface area contributed by atoms with E-state index in [1.165, 1.54) is 6.92 Å². The summed E-state index contributed by atoms with van der Waals surface area (Å²) in [6.45, 7) is 5.42. The Hall–Kier alpha value is -1.26. The molecule has 28 heavy (non-hydrogen) atoms. The summed E-state index contributed by atoms with van der Waals surface area (Å²) in [7, 11) is 0. The molecule has 4 aliphatic rings. The summed E-state index contributed by atoms with van der Waals surface area (Å²) >= 11 is 0. The van der Waals surface area contributed by atoms with Gasteiger partial charge in [0.1, 0.15) is 18.1 Å². The Labute approximate surface area is 167 Å². The number of ketones is 2. The van der Waals surface area contributed by atoms with E-state index >= 15 is 4.39 Å². The van der Waals surface area contributed by atoms with Crippen LogP contribution in [0.25, 0.3) is 0 Å². The molecule has 0 saturated heterocycles. The number of carbonyl (C=O) groups excluding carboxylic acids is 3. The second-order valence-corrected chi connectivity index (χ2v) is 10.4. The van der Waals surface area contributed by atoms with Crippen LogP contribution in [0.2, 0.25) is 0 Å². The molecule has 0 aromatic carbocycles. The number of fused-ring (bicyclic) bond motifs is 5. The molecule has 0 unspecified atom stereocenters. The first-order valence-electron chi connectivity index (χ1n) is 11.0. The highest BCUT2D eigenvalue weighted by Gasteiger charge is 2.68. The summed E-state index contributed by atoms with van der Waals surface area (Å²) in [4.78, 5) is 35.9. The SMILES string of the molecule is CC(=O)OCC(=O)[C@H]1CC[C@H]2[C@@H]3CC[C@@H]4CC(=O)CC[C@]4(C)[C@@]3(F)CC[C@]12C. The van der Waals surface area contributed by atoms with Gasteiger partial charge in [0.15, 0.2) is 5.78 Å². The first-order chi connectivity index (χ1) is 13.1. The second-order valence-electron chi connectivity index (χ2n) is 10.4. The van der Waals surface area contributed by atoms with Gasteiger partial charge in [-0.05, 0) is 68.1 Å². The predicted octanol–water partition coefficient (Wildman–Crippen LogP) is 4.44. The number of ether oxygens (including phenoxy) is 1. The van der Waals surface area contributed by atoms with Crippen LogP contribution >= 0.6 is 0 Å². The highest BCUT2D eigenvalue weighted by Crippen LogP contribution is 2.70. The Balaban J connectivity index is 1.58. The molecule has 156 valence electrons. The molecule has 0 bridgehead atoms. The molecule has 4 rings (SSSR count). The number of halogens is 1. The summed E-state index contributed by atoms with van der Waals surface area (Å²) in [5.41, 5.74) is -1.84. The van der Waals surface area contributed by atoms with Crippen molar-refractivity contribution < 1.29 is 23.5 Å². The van der Waals surface area contributed by atoms with Crippen LogP contribution in [0.15, 0.2) is 0 Å². The number of carbonyl (C=O) groups is 3. The minimum absolute atomic E-state index is 0.00489. The topological polar surface area (TPSA) is 60.4 Å². The molecule has 0 aliphatic heterocycles. The third kappa shape index (κ3) is 2.71. The van der Waals surface area contributed by atoms with Crippen molar-refractivity contribution in [3.05, 3.63) is 0 Å². The maximum Gasteiger partial charge on any atom is 0.303 e. The molecule has 7 atom stereocenters. The predicted molar refractivity (Wildman–Crippen MR) is 102 cm³/mol. The molecule has 0 radical (unpaired) electrons. The smallest absolute Gasteiger partial charge is 0.303 e. The van der Waals surface area contributed by atoms with E-state index in [4.69, 9.17) is 4.74 Å². The Morgan fingerprint density at radius 1 is 1.07 bits per heavy atom. The lowest BCUT2D eigenvalue weighted by atomic mass is 9.43. The molecule has 0 aromatic rings. The van der Waals surface area contributed by atoms with Gasteiger partial charge < -0.3 is 4.74 Å². The lowest BCUT2D eigenvalue weighted by Gasteiger charge is -2.63. The molecule has 5 heteroatoms. The summed E-state index contributed by atoms with van der Waals surface area (Å²) < 4.78 is 21.8. The quantitative estimate of drug-likeness (QED) is 0.666. The number of hydrogen-bond acceptors (Lipinski definition) is 4. The Kier molecular flexibility index (Phi) is 4.74. The summed E-state index contributed by atoms with van der Waals surface area (Å²) in [6, 6.07) is 0. The highest BCUT2D eigenvalue weighted by molar-refractivity contribution is 5.85. The fourth-order valence-electron chi connectivity index (χ4n) is 7.74. The first kappa shape index (κ1) is 20.0. The maximum atomic E-state index is 16.8. The van der Waals surface area contributed by atoms with Gasteiger partial charge >= 0.3 is 5.97 Å². The van der Waals surface area contributed by atoms with E-state index in [1.807, 2.05) is 0 Å². The van der Waals surface area contributed by atoms with E-state index in [0.29, 0.717) is 37.9 Å². The molecule has 0 N–H and O–H groups in total. The minimum Gasteiger partial charge on any atom is -0.458 e. The van der Waals surface area contributed by atoms with Crippen LogP contribution in [0.4, 0.5) is 4.39 Å². The van der Waals surface area contributed by atoms with Crippen LogP contribution in [-0.4, -0.2) is 29.8 Å². The van der Waals surface area contributed by atoms with Gasteiger partial charge in [-0.1, -0.05) is 13.8 Å². The fourth-order valence-corrected chi connectivity index (χ4v) is 7.74. The van der Waals surface area contributed by atoms with Crippen LogP contribution in [0.5, 0.6) is 0 Å². The van der Waals surface area contributed by atoms with Crippen molar-refractivity contribution in [1.82, 2.24) is 0 Å². The molecule has 4 aliphatic carbocycles. The molecular formula is C23H33FO4. The summed E-state index contributed by atoms with van der Waals surface area (Å²) in [5, 5.41) is 0. The van der Waals surface area contributed by atoms with Crippen molar-refractivity contribution in [2.24, 2.45) is 34.5 Å². The fraction of sp³-hybridized carbons (Fsp3) is 0.870. The first-order valence-corrected chi connectivity index (χ1v) is 11.0. The van der Waals surface area contributed by atoms with Crippen molar-refractivity contribution in [2.75, 3.05) is 6.61 Å². The van der Waals surface area contributed by atoms with Crippen LogP contribution in [-0.2, 0) is 19.1 Å². The number of esters is 1. The molecule has 0 heterocycles. The van der Waals surface area contributed by atoms with E-state index in [9.17, 15) is 14.4 Å². The molecule has 0 spiro atoms. The molecule has 0 amide bonds.